The predicted molar refractivity (Wildman–Crippen MR) is 204 cm³/mol. The lowest BCUT2D eigenvalue weighted by molar-refractivity contribution is -0.157. The highest BCUT2D eigenvalue weighted by atomic mass is 16.5. The van der Waals surface area contributed by atoms with Crippen molar-refractivity contribution in [2.24, 2.45) is 23.2 Å². The molecular weight excluding hydrogens is 616 g/mol. The molecule has 3 atom stereocenters. The van der Waals surface area contributed by atoms with E-state index in [2.05, 4.69) is 51.3 Å². The summed E-state index contributed by atoms with van der Waals surface area (Å²) in [7, 11) is 0. The molecule has 0 bridgehead atoms. The maximum absolute atomic E-state index is 13.2. The first-order valence-corrected chi connectivity index (χ1v) is 20.8. The zero-order valence-electron chi connectivity index (χ0n) is 33.6. The third-order valence-electron chi connectivity index (χ3n) is 10.5. The number of hydrogen-bond acceptors (Lipinski definition) is 8. The van der Waals surface area contributed by atoms with E-state index in [1.807, 2.05) is 6.92 Å². The normalized spacial score (nSPS) is 17.5. The van der Waals surface area contributed by atoms with Crippen molar-refractivity contribution < 1.29 is 28.5 Å². The Hall–Kier alpha value is -0.770. The number of esters is 1. The topological polar surface area (TPSA) is 69.7 Å². The van der Waals surface area contributed by atoms with Gasteiger partial charge in [-0.2, -0.15) is 0 Å². The van der Waals surface area contributed by atoms with Gasteiger partial charge in [0, 0.05) is 65.6 Å². The molecule has 0 saturated carbocycles. The lowest BCUT2D eigenvalue weighted by Gasteiger charge is -2.35. The smallest absolute Gasteiger partial charge is 0.305 e. The molecule has 1 aliphatic heterocycles. The Morgan fingerprint density at radius 3 is 1.39 bits per heavy atom. The quantitative estimate of drug-likeness (QED) is 0.0489. The van der Waals surface area contributed by atoms with Crippen LogP contribution in [0.1, 0.15) is 138 Å². The van der Waals surface area contributed by atoms with Gasteiger partial charge in [-0.25, -0.2) is 0 Å². The second kappa shape index (κ2) is 30.8. The Kier molecular flexibility index (Phi) is 29.1. The molecule has 0 N–H and O–H groups in total. The summed E-state index contributed by atoms with van der Waals surface area (Å²) in [6.45, 7) is 27.2. The highest BCUT2D eigenvalue weighted by molar-refractivity contribution is 5.69. The van der Waals surface area contributed by atoms with Gasteiger partial charge in [0.05, 0.1) is 31.8 Å². The van der Waals surface area contributed by atoms with Crippen LogP contribution in [0.4, 0.5) is 0 Å². The fraction of sp³-hybridized carbons (Fsp3) is 0.976. The lowest BCUT2D eigenvalue weighted by Crippen LogP contribution is -2.47. The molecule has 0 aromatic heterocycles. The van der Waals surface area contributed by atoms with Gasteiger partial charge >= 0.3 is 5.97 Å². The van der Waals surface area contributed by atoms with Gasteiger partial charge < -0.3 is 28.6 Å². The van der Waals surface area contributed by atoms with E-state index < -0.39 is 5.41 Å². The molecule has 0 spiro atoms. The second-order valence-corrected chi connectivity index (χ2v) is 14.9. The van der Waals surface area contributed by atoms with E-state index in [0.717, 1.165) is 98.0 Å². The zero-order chi connectivity index (χ0) is 36.0. The largest absolute Gasteiger partial charge is 0.465 e. The van der Waals surface area contributed by atoms with Gasteiger partial charge in [-0.3, -0.25) is 9.69 Å². The van der Waals surface area contributed by atoms with Crippen LogP contribution in [0.25, 0.3) is 0 Å². The molecule has 1 fully saturated rings. The van der Waals surface area contributed by atoms with E-state index in [0.29, 0.717) is 44.0 Å². The maximum Gasteiger partial charge on any atom is 0.305 e. The third kappa shape index (κ3) is 22.7. The van der Waals surface area contributed by atoms with E-state index in [1.54, 1.807) is 0 Å². The Labute approximate surface area is 304 Å². The molecule has 3 unspecified atom stereocenters. The van der Waals surface area contributed by atoms with Crippen LogP contribution >= 0.6 is 0 Å². The van der Waals surface area contributed by atoms with Crippen molar-refractivity contribution in [3.8, 4) is 0 Å². The Balaban J connectivity index is 2.88. The third-order valence-corrected chi connectivity index (χ3v) is 10.5. The van der Waals surface area contributed by atoms with E-state index in [9.17, 15) is 4.79 Å². The standard InChI is InChI=1S/C41H82N2O6/c1-8-15-19-37(11-4)30-46-33-41(34-47-31-38(12-5)20-16-9-2,35-48-32-39(13-6)21-17-10-3)36-49-40(44)22-18-23-42-24-26-43(27-25-42)28-29-45-14-7/h37-39H,8-36H2,1-7H3. The molecule has 1 rings (SSSR count). The zero-order valence-corrected chi connectivity index (χ0v) is 33.6. The minimum absolute atomic E-state index is 0.127. The summed E-state index contributed by atoms with van der Waals surface area (Å²) in [6, 6.07) is 0. The highest BCUT2D eigenvalue weighted by Crippen LogP contribution is 2.25. The number of carbonyl (C=O) groups excluding carboxylic acids is 1. The fourth-order valence-corrected chi connectivity index (χ4v) is 6.60. The molecule has 292 valence electrons. The van der Waals surface area contributed by atoms with Gasteiger partial charge in [0.25, 0.3) is 0 Å². The van der Waals surface area contributed by atoms with E-state index >= 15 is 0 Å². The van der Waals surface area contributed by atoms with Crippen LogP contribution < -0.4 is 0 Å². The monoisotopic (exact) mass is 699 g/mol. The average molecular weight is 699 g/mol. The maximum atomic E-state index is 13.2. The summed E-state index contributed by atoms with van der Waals surface area (Å²) in [5.74, 6) is 1.51. The van der Waals surface area contributed by atoms with Crippen molar-refractivity contribution in [1.29, 1.82) is 0 Å². The van der Waals surface area contributed by atoms with Gasteiger partial charge in [-0.15, -0.1) is 0 Å². The lowest BCUT2D eigenvalue weighted by atomic mass is 9.91. The number of ether oxygens (including phenoxy) is 5. The van der Waals surface area contributed by atoms with E-state index in [4.69, 9.17) is 23.7 Å². The van der Waals surface area contributed by atoms with Crippen LogP contribution in [0.5, 0.6) is 0 Å². The Morgan fingerprint density at radius 2 is 1.00 bits per heavy atom. The van der Waals surface area contributed by atoms with Gasteiger partial charge in [-0.1, -0.05) is 99.3 Å². The summed E-state index contributed by atoms with van der Waals surface area (Å²) in [5, 5.41) is 0. The van der Waals surface area contributed by atoms with Crippen molar-refractivity contribution in [2.45, 2.75) is 138 Å². The van der Waals surface area contributed by atoms with Crippen molar-refractivity contribution in [1.82, 2.24) is 9.80 Å². The second-order valence-electron chi connectivity index (χ2n) is 14.9. The van der Waals surface area contributed by atoms with E-state index in [1.165, 1.54) is 57.8 Å². The minimum Gasteiger partial charge on any atom is -0.465 e. The van der Waals surface area contributed by atoms with Gasteiger partial charge in [0.2, 0.25) is 0 Å². The molecule has 8 heteroatoms. The van der Waals surface area contributed by atoms with E-state index in [-0.39, 0.29) is 12.6 Å². The highest BCUT2D eigenvalue weighted by Gasteiger charge is 2.35. The number of carbonyl (C=O) groups is 1. The first-order valence-electron chi connectivity index (χ1n) is 20.8. The van der Waals surface area contributed by atoms with Crippen LogP contribution in [0.3, 0.4) is 0 Å². The van der Waals surface area contributed by atoms with Gasteiger partial charge in [-0.05, 0) is 56.9 Å². The van der Waals surface area contributed by atoms with Crippen molar-refractivity contribution in [3.05, 3.63) is 0 Å². The molecule has 8 nitrogen and oxygen atoms in total. The molecule has 1 heterocycles. The minimum atomic E-state index is -0.525. The van der Waals surface area contributed by atoms with Crippen molar-refractivity contribution in [3.63, 3.8) is 0 Å². The number of hydrogen-bond donors (Lipinski definition) is 0. The molecular formula is C41H82N2O6. The number of nitrogens with zero attached hydrogens (tertiary/aromatic N) is 2. The molecule has 0 radical (unpaired) electrons. The van der Waals surface area contributed by atoms with Crippen LogP contribution in [-0.4, -0.2) is 114 Å². The van der Waals surface area contributed by atoms with Crippen LogP contribution in [0, 0.1) is 23.2 Å². The molecule has 1 aliphatic rings. The summed E-state index contributed by atoms with van der Waals surface area (Å²) >= 11 is 0. The fourth-order valence-electron chi connectivity index (χ4n) is 6.60. The molecule has 0 aromatic carbocycles. The molecule has 0 aromatic rings. The van der Waals surface area contributed by atoms with Gasteiger partial charge in [0.1, 0.15) is 6.61 Å². The number of piperazine rings is 1. The summed E-state index contributed by atoms with van der Waals surface area (Å²) in [5.41, 5.74) is -0.525. The molecule has 0 aliphatic carbocycles. The molecule has 0 amide bonds. The Morgan fingerprint density at radius 1 is 0.571 bits per heavy atom. The SMILES string of the molecule is CCCCC(CC)COCC(COCC(CC)CCCC)(COCC(CC)CCCC)COC(=O)CCCN1CCN(CCOCC)CC1. The first kappa shape index (κ1) is 46.3. The first-order chi connectivity index (χ1) is 23.9. The van der Waals surface area contributed by atoms with Crippen LogP contribution in [0.15, 0.2) is 0 Å². The predicted octanol–water partition coefficient (Wildman–Crippen LogP) is 8.65. The van der Waals surface area contributed by atoms with Crippen LogP contribution in [-0.2, 0) is 28.5 Å². The summed E-state index contributed by atoms with van der Waals surface area (Å²) in [6.07, 6.45) is 15.5. The molecule has 49 heavy (non-hydrogen) atoms. The summed E-state index contributed by atoms with van der Waals surface area (Å²) < 4.78 is 31.1. The Bertz CT molecular complexity index is 692. The number of rotatable bonds is 34. The summed E-state index contributed by atoms with van der Waals surface area (Å²) in [4.78, 5) is 18.1. The van der Waals surface area contributed by atoms with Crippen LogP contribution in [0.2, 0.25) is 0 Å². The van der Waals surface area contributed by atoms with Crippen molar-refractivity contribution >= 4 is 5.97 Å². The number of unbranched alkanes of at least 4 members (excludes halogenated alkanes) is 3. The average Bonchev–Trinajstić information content (AvgIpc) is 3.12. The molecule has 1 saturated heterocycles. The van der Waals surface area contributed by atoms with Gasteiger partial charge in [0.15, 0.2) is 0 Å². The van der Waals surface area contributed by atoms with Crippen molar-refractivity contribution in [2.75, 3.05) is 98.7 Å².